The number of esters is 1. The zero-order valence-electron chi connectivity index (χ0n) is 25.9. The molecule has 3 aromatic rings. The number of nitrogens with zero attached hydrogens (tertiary/aromatic N) is 1. The molecule has 0 aliphatic carbocycles. The number of rotatable bonds is 12. The molecular weight excluding hydrogens is 628 g/mol. The van der Waals surface area contributed by atoms with Gasteiger partial charge in [0.15, 0.2) is 17.6 Å². The normalized spacial score (nSPS) is 18.3. The summed E-state index contributed by atoms with van der Waals surface area (Å²) in [6, 6.07) is 17.0. The molecule has 2 heterocycles. The van der Waals surface area contributed by atoms with Gasteiger partial charge >= 0.3 is 5.97 Å². The topological polar surface area (TPSA) is 155 Å². The Bertz CT molecular complexity index is 1780. The molecule has 3 aromatic carbocycles. The predicted octanol–water partition coefficient (Wildman–Crippen LogP) is 3.89. The Morgan fingerprint density at radius 3 is 2.45 bits per heavy atom. The van der Waals surface area contributed by atoms with Crippen LogP contribution in [0.25, 0.3) is 0 Å². The van der Waals surface area contributed by atoms with E-state index < -0.39 is 57.7 Å². The van der Waals surface area contributed by atoms with Crippen molar-refractivity contribution in [3.63, 3.8) is 0 Å². The fourth-order valence-electron chi connectivity index (χ4n) is 5.21. The third-order valence-electron chi connectivity index (χ3n) is 7.22. The van der Waals surface area contributed by atoms with Gasteiger partial charge in [-0.25, -0.2) is 13.2 Å². The van der Waals surface area contributed by atoms with Crippen LogP contribution in [0.15, 0.2) is 66.7 Å². The monoisotopic (exact) mass is 661 g/mol. The van der Waals surface area contributed by atoms with E-state index in [9.17, 15) is 27.6 Å². The van der Waals surface area contributed by atoms with Gasteiger partial charge in [0.25, 0.3) is 11.8 Å². The third kappa shape index (κ3) is 7.98. The highest BCUT2D eigenvalue weighted by molar-refractivity contribution is 7.90. The van der Waals surface area contributed by atoms with Crippen molar-refractivity contribution < 1.29 is 46.5 Å². The number of carbonyl (C=O) groups excluding carboxylic acids is 4. The number of carbonyl (C=O) groups is 4. The summed E-state index contributed by atoms with van der Waals surface area (Å²) in [5, 5.41) is 2.56. The molecule has 2 aliphatic heterocycles. The molecule has 13 heteroatoms. The van der Waals surface area contributed by atoms with E-state index in [4.69, 9.17) is 18.9 Å². The quantitative estimate of drug-likeness (QED) is 0.223. The van der Waals surface area contributed by atoms with Crippen LogP contribution in [0, 0.1) is 19.3 Å². The number of imide groups is 1. The molecule has 0 unspecified atom stereocenters. The van der Waals surface area contributed by atoms with Crippen molar-refractivity contribution >= 4 is 39.2 Å². The second-order valence-corrected chi connectivity index (χ2v) is 13.0. The second-order valence-electron chi connectivity index (χ2n) is 10.9. The molecular formula is C34H33N2O10S. The largest absolute Gasteiger partial charge is 0.490 e. The van der Waals surface area contributed by atoms with Gasteiger partial charge in [-0.2, -0.15) is 0 Å². The summed E-state index contributed by atoms with van der Waals surface area (Å²) in [6.45, 7) is 3.29. The minimum Gasteiger partial charge on any atom is -0.490 e. The molecule has 245 valence electrons. The van der Waals surface area contributed by atoms with E-state index in [1.54, 1.807) is 19.8 Å². The Balaban J connectivity index is 1.38. The highest BCUT2D eigenvalue weighted by Gasteiger charge is 2.43. The van der Waals surface area contributed by atoms with Crippen molar-refractivity contribution in [1.29, 1.82) is 0 Å². The Morgan fingerprint density at radius 2 is 1.74 bits per heavy atom. The van der Waals surface area contributed by atoms with Crippen molar-refractivity contribution in [1.82, 2.24) is 4.90 Å². The van der Waals surface area contributed by atoms with Crippen LogP contribution in [-0.2, 0) is 35.5 Å². The first-order chi connectivity index (χ1) is 22.4. The van der Waals surface area contributed by atoms with Crippen molar-refractivity contribution in [2.75, 3.05) is 23.9 Å². The maximum absolute atomic E-state index is 13.7. The lowest BCUT2D eigenvalue weighted by atomic mass is 10.1. The minimum atomic E-state index is -3.73. The lowest BCUT2D eigenvalue weighted by Crippen LogP contribution is -2.39. The van der Waals surface area contributed by atoms with Crippen LogP contribution in [0.5, 0.6) is 11.5 Å². The molecule has 1 fully saturated rings. The van der Waals surface area contributed by atoms with Crippen LogP contribution >= 0.6 is 0 Å². The highest BCUT2D eigenvalue weighted by Crippen LogP contribution is 2.39. The number of fused-ring (bicyclic) bond motifs is 1. The minimum absolute atomic E-state index is 0.0222. The number of hydrogen-bond acceptors (Lipinski definition) is 10. The molecule has 3 atom stereocenters. The molecule has 47 heavy (non-hydrogen) atoms. The molecule has 0 saturated carbocycles. The first-order valence-electron chi connectivity index (χ1n) is 14.7. The first-order valence-corrected chi connectivity index (χ1v) is 16.8. The van der Waals surface area contributed by atoms with E-state index in [1.807, 2.05) is 30.3 Å². The Hall–Kier alpha value is -4.75. The predicted molar refractivity (Wildman–Crippen MR) is 170 cm³/mol. The SMILES string of the molecule is CCOc1cc([C@@H](CS(C)(=O)=O)N2C(=O)c3cccc(NC(C)=O)c3C2=O)ccc1O[C@H]1[CH][CH][CH][C@@H](C(=O)OCc2ccccc2)O1. The van der Waals surface area contributed by atoms with Crippen LogP contribution in [-0.4, -0.2) is 68.0 Å². The second kappa shape index (κ2) is 14.3. The molecule has 0 aromatic heterocycles. The number of anilines is 1. The lowest BCUT2D eigenvalue weighted by Gasteiger charge is -2.30. The molecule has 1 saturated heterocycles. The van der Waals surface area contributed by atoms with Gasteiger partial charge in [-0.1, -0.05) is 42.5 Å². The first kappa shape index (κ1) is 33.6. The number of benzene rings is 3. The van der Waals surface area contributed by atoms with Crippen molar-refractivity contribution in [2.45, 2.75) is 38.9 Å². The van der Waals surface area contributed by atoms with Crippen molar-refractivity contribution in [3.05, 3.63) is 108 Å². The lowest BCUT2D eigenvalue weighted by molar-refractivity contribution is -0.169. The number of ether oxygens (including phenoxy) is 4. The summed E-state index contributed by atoms with van der Waals surface area (Å²) in [5.74, 6) is -2.66. The standard InChI is InChI=1S/C34H33N2O10S/c1-4-43-29-18-23(16-17-27(29)45-30-15-9-14-28(46-30)34(40)44-19-22-10-6-5-7-11-22)26(20-47(3,41)42)36-32(38)24-12-8-13-25(35-21(2)37)31(24)33(36)39/h5-18,26,28,30H,4,19-20H2,1-3H3,(H,35,37)/t26-,28+,30-/m1/s1. The smallest absolute Gasteiger partial charge is 0.336 e. The summed E-state index contributed by atoms with van der Waals surface area (Å²) in [4.78, 5) is 52.6. The summed E-state index contributed by atoms with van der Waals surface area (Å²) in [7, 11) is -3.73. The molecule has 12 nitrogen and oxygen atoms in total. The fraction of sp³-hybridized carbons (Fsp3) is 0.265. The van der Waals surface area contributed by atoms with E-state index in [0.29, 0.717) is 0 Å². The maximum atomic E-state index is 13.7. The Kier molecular flexibility index (Phi) is 10.3. The molecule has 1 N–H and O–H groups in total. The Labute approximate surface area is 272 Å². The average Bonchev–Trinajstić information content (AvgIpc) is 3.29. The van der Waals surface area contributed by atoms with E-state index in [0.717, 1.165) is 16.7 Å². The maximum Gasteiger partial charge on any atom is 0.336 e. The molecule has 0 bridgehead atoms. The van der Waals surface area contributed by atoms with Gasteiger partial charge in [0.1, 0.15) is 16.4 Å². The summed E-state index contributed by atoms with van der Waals surface area (Å²) in [6.07, 6.45) is 3.72. The molecule has 2 aliphatic rings. The van der Waals surface area contributed by atoms with Crippen molar-refractivity contribution in [3.8, 4) is 11.5 Å². The molecule has 3 radical (unpaired) electrons. The third-order valence-corrected chi connectivity index (χ3v) is 8.14. The van der Waals surface area contributed by atoms with Crippen LogP contribution in [0.2, 0.25) is 0 Å². The molecule has 3 amide bonds. The van der Waals surface area contributed by atoms with Crippen LogP contribution in [0.4, 0.5) is 5.69 Å². The van der Waals surface area contributed by atoms with Gasteiger partial charge in [0.2, 0.25) is 12.2 Å². The van der Waals surface area contributed by atoms with Crippen molar-refractivity contribution in [2.24, 2.45) is 0 Å². The summed E-state index contributed by atoms with van der Waals surface area (Å²) in [5.41, 5.74) is 1.28. The van der Waals surface area contributed by atoms with Gasteiger partial charge in [-0.15, -0.1) is 0 Å². The van der Waals surface area contributed by atoms with Gasteiger partial charge in [-0.05, 0) is 48.7 Å². The molecule has 5 rings (SSSR count). The average molecular weight is 662 g/mol. The van der Waals surface area contributed by atoms with Crippen LogP contribution in [0.1, 0.15) is 51.7 Å². The number of sulfone groups is 1. The highest BCUT2D eigenvalue weighted by atomic mass is 32.2. The number of amides is 3. The zero-order valence-corrected chi connectivity index (χ0v) is 26.7. The van der Waals surface area contributed by atoms with Gasteiger partial charge in [0.05, 0.1) is 35.2 Å². The summed E-state index contributed by atoms with van der Waals surface area (Å²) < 4.78 is 48.2. The van der Waals surface area contributed by atoms with E-state index in [-0.39, 0.29) is 47.1 Å². The van der Waals surface area contributed by atoms with Crippen LogP contribution in [0.3, 0.4) is 0 Å². The van der Waals surface area contributed by atoms with Gasteiger partial charge < -0.3 is 24.3 Å². The van der Waals surface area contributed by atoms with Gasteiger partial charge in [-0.3, -0.25) is 19.3 Å². The Morgan fingerprint density at radius 1 is 0.979 bits per heavy atom. The van der Waals surface area contributed by atoms with Gasteiger partial charge in [0, 0.05) is 26.0 Å². The van der Waals surface area contributed by atoms with E-state index in [1.165, 1.54) is 49.7 Å². The van der Waals surface area contributed by atoms with E-state index >= 15 is 0 Å². The number of nitrogens with one attached hydrogen (secondary N) is 1. The van der Waals surface area contributed by atoms with Crippen LogP contribution < -0.4 is 14.8 Å². The zero-order chi connectivity index (χ0) is 33.7. The summed E-state index contributed by atoms with van der Waals surface area (Å²) >= 11 is 0. The fourth-order valence-corrected chi connectivity index (χ4v) is 6.13. The van der Waals surface area contributed by atoms with E-state index in [2.05, 4.69) is 5.32 Å². The molecule has 0 spiro atoms. The number of hydrogen-bond donors (Lipinski definition) is 1.